The molecule has 0 aliphatic heterocycles. The third-order valence-corrected chi connectivity index (χ3v) is 2.95. The second-order valence-corrected chi connectivity index (χ2v) is 4.73. The zero-order chi connectivity index (χ0) is 14.8. The summed E-state index contributed by atoms with van der Waals surface area (Å²) < 4.78 is 5.01. The molecule has 5 nitrogen and oxygen atoms in total. The van der Waals surface area contributed by atoms with Crippen molar-refractivity contribution in [2.24, 2.45) is 0 Å². The van der Waals surface area contributed by atoms with E-state index in [1.165, 1.54) is 26.8 Å². The zero-order valence-corrected chi connectivity index (χ0v) is 11.6. The van der Waals surface area contributed by atoms with Crippen LogP contribution in [-0.2, 0) is 19.1 Å². The fraction of sp³-hybridized carbons (Fsp3) is 0.500. The van der Waals surface area contributed by atoms with Gasteiger partial charge in [-0.05, 0) is 26.3 Å². The fourth-order valence-corrected chi connectivity index (χ4v) is 2.04. The van der Waals surface area contributed by atoms with E-state index in [0.717, 1.165) is 0 Å². The van der Waals surface area contributed by atoms with Crippen LogP contribution in [0, 0.1) is 0 Å². The minimum Gasteiger partial charge on any atom is -0.507 e. The van der Waals surface area contributed by atoms with E-state index in [-0.39, 0.29) is 29.1 Å². The molecule has 5 heteroatoms. The molecule has 19 heavy (non-hydrogen) atoms. The summed E-state index contributed by atoms with van der Waals surface area (Å²) in [5, 5.41) is 9.90. The van der Waals surface area contributed by atoms with Crippen molar-refractivity contribution in [2.45, 2.75) is 46.1 Å². The molecule has 0 saturated heterocycles. The number of Topliss-reactive ketones (excluding diaryl/α,β-unsaturated/α-hetero) is 2. The minimum atomic E-state index is -1.53. The number of ketones is 2. The number of hydrogen-bond acceptors (Lipinski definition) is 5. The largest absolute Gasteiger partial charge is 0.507 e. The first-order chi connectivity index (χ1) is 8.73. The van der Waals surface area contributed by atoms with E-state index in [0.29, 0.717) is 6.42 Å². The van der Waals surface area contributed by atoms with Crippen LogP contribution in [0.3, 0.4) is 0 Å². The van der Waals surface area contributed by atoms with E-state index in [1.54, 1.807) is 0 Å². The Kier molecular flexibility index (Phi) is 4.29. The predicted molar refractivity (Wildman–Crippen MR) is 68.5 cm³/mol. The smallest absolute Gasteiger partial charge is 0.303 e. The molecule has 1 rings (SSSR count). The lowest BCUT2D eigenvalue weighted by Gasteiger charge is -2.29. The number of carbonyl (C=O) groups is 3. The number of carbonyl (C=O) groups excluding carboxylic acids is 3. The molecule has 0 amide bonds. The topological polar surface area (TPSA) is 80.7 Å². The first-order valence-electron chi connectivity index (χ1n) is 6.13. The number of hydrogen-bond donors (Lipinski definition) is 1. The van der Waals surface area contributed by atoms with Gasteiger partial charge < -0.3 is 9.84 Å². The fourth-order valence-electron chi connectivity index (χ4n) is 2.04. The standard InChI is InChI=1S/C14H18O5/c1-5-6-11(16)10-7-14(4,19-9(3)15)13(18)8(2)12(10)17/h7,17H,5-6H2,1-4H3. The Bertz CT molecular complexity index is 498. The molecule has 0 spiro atoms. The number of esters is 1. The van der Waals surface area contributed by atoms with Crippen LogP contribution in [0.5, 0.6) is 0 Å². The van der Waals surface area contributed by atoms with Crippen LogP contribution in [0.1, 0.15) is 40.5 Å². The second kappa shape index (κ2) is 5.38. The van der Waals surface area contributed by atoms with Crippen LogP contribution in [0.2, 0.25) is 0 Å². The molecule has 0 aromatic heterocycles. The molecular formula is C14H18O5. The van der Waals surface area contributed by atoms with Gasteiger partial charge in [0.2, 0.25) is 5.78 Å². The molecule has 1 aliphatic carbocycles. The summed E-state index contributed by atoms with van der Waals surface area (Å²) in [7, 11) is 0. The third kappa shape index (κ3) is 2.92. The van der Waals surface area contributed by atoms with Gasteiger partial charge in [0.25, 0.3) is 0 Å². The maximum absolute atomic E-state index is 12.1. The van der Waals surface area contributed by atoms with Crippen molar-refractivity contribution in [3.05, 3.63) is 23.0 Å². The summed E-state index contributed by atoms with van der Waals surface area (Å²) >= 11 is 0. The molecule has 1 atom stereocenters. The van der Waals surface area contributed by atoms with Crippen molar-refractivity contribution in [1.82, 2.24) is 0 Å². The molecule has 0 bridgehead atoms. The number of rotatable bonds is 4. The molecule has 0 radical (unpaired) electrons. The van der Waals surface area contributed by atoms with Crippen molar-refractivity contribution < 1.29 is 24.2 Å². The lowest BCUT2D eigenvalue weighted by atomic mass is 9.83. The number of aliphatic hydroxyl groups excluding tert-OH is 1. The maximum Gasteiger partial charge on any atom is 0.303 e. The third-order valence-electron chi connectivity index (χ3n) is 2.95. The summed E-state index contributed by atoms with van der Waals surface area (Å²) in [4.78, 5) is 35.1. The van der Waals surface area contributed by atoms with E-state index >= 15 is 0 Å². The summed E-state index contributed by atoms with van der Waals surface area (Å²) in [5.41, 5.74) is -1.45. The second-order valence-electron chi connectivity index (χ2n) is 4.73. The summed E-state index contributed by atoms with van der Waals surface area (Å²) in [6.45, 7) is 5.84. The van der Waals surface area contributed by atoms with Gasteiger partial charge in [-0.2, -0.15) is 0 Å². The van der Waals surface area contributed by atoms with Crippen molar-refractivity contribution >= 4 is 17.5 Å². The Morgan fingerprint density at radius 2 is 2.00 bits per heavy atom. The van der Waals surface area contributed by atoms with Gasteiger partial charge in [-0.15, -0.1) is 0 Å². The summed E-state index contributed by atoms with van der Waals surface area (Å²) in [6, 6.07) is 0. The molecule has 0 aromatic carbocycles. The van der Waals surface area contributed by atoms with E-state index in [9.17, 15) is 19.5 Å². The average molecular weight is 266 g/mol. The Labute approximate surface area is 111 Å². The first kappa shape index (κ1) is 15.1. The van der Waals surface area contributed by atoms with Crippen LogP contribution in [0.4, 0.5) is 0 Å². The Morgan fingerprint density at radius 1 is 1.42 bits per heavy atom. The summed E-state index contributed by atoms with van der Waals surface area (Å²) in [6.07, 6.45) is 2.12. The predicted octanol–water partition coefficient (Wildman–Crippen LogP) is 2.02. The molecule has 0 saturated carbocycles. The van der Waals surface area contributed by atoms with Crippen LogP contribution in [0.15, 0.2) is 23.0 Å². The molecule has 1 N–H and O–H groups in total. The van der Waals surface area contributed by atoms with Gasteiger partial charge in [-0.25, -0.2) is 0 Å². The van der Waals surface area contributed by atoms with Crippen molar-refractivity contribution in [2.75, 3.05) is 0 Å². The van der Waals surface area contributed by atoms with Gasteiger partial charge in [-0.1, -0.05) is 6.92 Å². The molecule has 0 heterocycles. The molecular weight excluding hydrogens is 248 g/mol. The zero-order valence-electron chi connectivity index (χ0n) is 11.6. The van der Waals surface area contributed by atoms with Crippen LogP contribution < -0.4 is 0 Å². The highest BCUT2D eigenvalue weighted by molar-refractivity contribution is 6.11. The molecule has 0 aromatic rings. The highest BCUT2D eigenvalue weighted by atomic mass is 16.6. The van der Waals surface area contributed by atoms with Gasteiger partial charge in [0.15, 0.2) is 11.4 Å². The molecule has 1 unspecified atom stereocenters. The number of ether oxygens (including phenoxy) is 1. The lowest BCUT2D eigenvalue weighted by molar-refractivity contribution is -0.157. The number of allylic oxidation sites excluding steroid dienone is 1. The quantitative estimate of drug-likeness (QED) is 0.787. The van der Waals surface area contributed by atoms with Crippen molar-refractivity contribution in [3.8, 4) is 0 Å². The van der Waals surface area contributed by atoms with Gasteiger partial charge in [0.05, 0.1) is 5.57 Å². The van der Waals surface area contributed by atoms with E-state index in [1.807, 2.05) is 6.92 Å². The average Bonchev–Trinajstić information content (AvgIpc) is 2.31. The van der Waals surface area contributed by atoms with Gasteiger partial charge in [0, 0.05) is 18.9 Å². The van der Waals surface area contributed by atoms with Crippen LogP contribution in [-0.4, -0.2) is 28.2 Å². The summed E-state index contributed by atoms with van der Waals surface area (Å²) in [5.74, 6) is -1.74. The van der Waals surface area contributed by atoms with Crippen LogP contribution in [0.25, 0.3) is 0 Å². The first-order valence-corrected chi connectivity index (χ1v) is 6.13. The highest BCUT2D eigenvalue weighted by Crippen LogP contribution is 2.31. The van der Waals surface area contributed by atoms with Gasteiger partial charge >= 0.3 is 5.97 Å². The SMILES string of the molecule is CCCC(=O)C1=CC(C)(OC(C)=O)C(=O)C(C)=C1O. The Balaban J connectivity index is 3.27. The number of aliphatic hydroxyl groups is 1. The van der Waals surface area contributed by atoms with E-state index in [4.69, 9.17) is 4.74 Å². The van der Waals surface area contributed by atoms with Gasteiger partial charge in [0.1, 0.15) is 5.76 Å². The highest BCUT2D eigenvalue weighted by Gasteiger charge is 2.42. The molecule has 104 valence electrons. The monoisotopic (exact) mass is 266 g/mol. The van der Waals surface area contributed by atoms with E-state index in [2.05, 4.69) is 0 Å². The van der Waals surface area contributed by atoms with Gasteiger partial charge in [-0.3, -0.25) is 14.4 Å². The maximum atomic E-state index is 12.1. The Morgan fingerprint density at radius 3 is 2.47 bits per heavy atom. The van der Waals surface area contributed by atoms with Crippen molar-refractivity contribution in [3.63, 3.8) is 0 Å². The molecule has 0 fully saturated rings. The lowest BCUT2D eigenvalue weighted by Crippen LogP contribution is -2.42. The van der Waals surface area contributed by atoms with Crippen LogP contribution >= 0.6 is 0 Å². The van der Waals surface area contributed by atoms with E-state index < -0.39 is 17.4 Å². The minimum absolute atomic E-state index is 0.0331. The molecule has 1 aliphatic rings. The normalized spacial score (nSPS) is 23.2. The van der Waals surface area contributed by atoms with Crippen molar-refractivity contribution in [1.29, 1.82) is 0 Å². The Hall–Kier alpha value is -1.91.